The number of fused-ring (bicyclic) bond motifs is 1. The SMILES string of the molecule is C[C@@H]1C[C@H](COc2ccc(S(=O)(=O)CCCS(C)(=O)=O)cc2)CN1[C@H]1CCc2c(C#N)cc(Cl)cc2C1. The van der Waals surface area contributed by atoms with Crippen LogP contribution in [0.25, 0.3) is 0 Å². The molecule has 0 aromatic heterocycles. The molecule has 3 atom stereocenters. The van der Waals surface area contributed by atoms with Crippen LogP contribution < -0.4 is 4.74 Å². The Balaban J connectivity index is 1.31. The van der Waals surface area contributed by atoms with Crippen molar-refractivity contribution >= 4 is 31.3 Å². The number of ether oxygens (including phenoxy) is 1. The zero-order valence-electron chi connectivity index (χ0n) is 21.2. The number of hydrogen-bond acceptors (Lipinski definition) is 7. The van der Waals surface area contributed by atoms with Crippen LogP contribution in [0.5, 0.6) is 5.75 Å². The molecule has 2 aromatic rings. The van der Waals surface area contributed by atoms with Crippen LogP contribution in [0.4, 0.5) is 0 Å². The minimum atomic E-state index is -3.54. The van der Waals surface area contributed by atoms with E-state index in [-0.39, 0.29) is 22.8 Å². The number of nitrogens with zero attached hydrogens (tertiary/aromatic N) is 2. The first-order chi connectivity index (χ1) is 17.4. The van der Waals surface area contributed by atoms with E-state index in [2.05, 4.69) is 17.9 Å². The third-order valence-corrected chi connectivity index (χ3v) is 10.5. The molecule has 0 radical (unpaired) electrons. The van der Waals surface area contributed by atoms with E-state index in [1.54, 1.807) is 18.2 Å². The van der Waals surface area contributed by atoms with Crippen molar-refractivity contribution in [3.8, 4) is 11.8 Å². The van der Waals surface area contributed by atoms with E-state index in [4.69, 9.17) is 16.3 Å². The summed E-state index contributed by atoms with van der Waals surface area (Å²) < 4.78 is 53.5. The molecule has 2 aliphatic rings. The molecular formula is C27H33ClN2O5S2. The second-order valence-electron chi connectivity index (χ2n) is 10.3. The molecule has 37 heavy (non-hydrogen) atoms. The van der Waals surface area contributed by atoms with Gasteiger partial charge >= 0.3 is 0 Å². The maximum absolute atomic E-state index is 12.5. The van der Waals surface area contributed by atoms with Gasteiger partial charge in [0.15, 0.2) is 9.84 Å². The average Bonchev–Trinajstić information content (AvgIpc) is 3.21. The molecule has 200 valence electrons. The average molecular weight is 565 g/mol. The van der Waals surface area contributed by atoms with Crippen molar-refractivity contribution in [2.45, 2.75) is 56.0 Å². The highest BCUT2D eigenvalue weighted by molar-refractivity contribution is 7.92. The van der Waals surface area contributed by atoms with Gasteiger partial charge in [-0.25, -0.2) is 16.8 Å². The van der Waals surface area contributed by atoms with Gasteiger partial charge in [-0.1, -0.05) is 11.6 Å². The van der Waals surface area contributed by atoms with Gasteiger partial charge in [-0.2, -0.15) is 5.26 Å². The molecule has 0 N–H and O–H groups in total. The normalized spacial score (nSPS) is 22.4. The molecule has 0 bridgehead atoms. The Morgan fingerprint density at radius 1 is 1.14 bits per heavy atom. The first-order valence-electron chi connectivity index (χ1n) is 12.6. The number of benzene rings is 2. The number of hydrogen-bond donors (Lipinski definition) is 0. The molecule has 0 unspecified atom stereocenters. The second kappa shape index (κ2) is 11.3. The van der Waals surface area contributed by atoms with Crippen molar-refractivity contribution in [2.24, 2.45) is 5.92 Å². The summed E-state index contributed by atoms with van der Waals surface area (Å²) in [7, 11) is -6.73. The highest BCUT2D eigenvalue weighted by Gasteiger charge is 2.36. The van der Waals surface area contributed by atoms with E-state index in [0.717, 1.165) is 44.0 Å². The summed E-state index contributed by atoms with van der Waals surface area (Å²) in [6.45, 7) is 3.73. The highest BCUT2D eigenvalue weighted by Crippen LogP contribution is 2.34. The van der Waals surface area contributed by atoms with Crippen LogP contribution in [-0.4, -0.2) is 64.7 Å². The van der Waals surface area contributed by atoms with Crippen molar-refractivity contribution in [3.05, 3.63) is 58.1 Å². The lowest BCUT2D eigenvalue weighted by molar-refractivity contribution is 0.164. The minimum absolute atomic E-state index is 0.0783. The Morgan fingerprint density at radius 2 is 1.86 bits per heavy atom. The highest BCUT2D eigenvalue weighted by atomic mass is 35.5. The molecule has 2 aromatic carbocycles. The Hall–Kier alpha value is -2.12. The molecule has 4 rings (SSSR count). The maximum atomic E-state index is 12.5. The molecular weight excluding hydrogens is 532 g/mol. The summed E-state index contributed by atoms with van der Waals surface area (Å²) in [5.41, 5.74) is 3.00. The smallest absolute Gasteiger partial charge is 0.178 e. The van der Waals surface area contributed by atoms with Crippen molar-refractivity contribution in [2.75, 3.05) is 30.9 Å². The lowest BCUT2D eigenvalue weighted by Crippen LogP contribution is -2.41. The van der Waals surface area contributed by atoms with Crippen molar-refractivity contribution in [1.82, 2.24) is 4.90 Å². The lowest BCUT2D eigenvalue weighted by Gasteiger charge is -2.35. The van der Waals surface area contributed by atoms with Crippen molar-refractivity contribution in [3.63, 3.8) is 0 Å². The molecule has 1 aliphatic carbocycles. The molecule has 7 nitrogen and oxygen atoms in total. The van der Waals surface area contributed by atoms with Gasteiger partial charge in [-0.05, 0) is 86.6 Å². The summed E-state index contributed by atoms with van der Waals surface area (Å²) in [4.78, 5) is 2.72. The molecule has 0 spiro atoms. The third kappa shape index (κ3) is 7.05. The van der Waals surface area contributed by atoms with E-state index < -0.39 is 19.7 Å². The van der Waals surface area contributed by atoms with Gasteiger partial charge in [0.05, 0.1) is 34.6 Å². The monoisotopic (exact) mass is 564 g/mol. The first-order valence-corrected chi connectivity index (χ1v) is 16.6. The van der Waals surface area contributed by atoms with E-state index in [1.807, 2.05) is 6.07 Å². The second-order valence-corrected chi connectivity index (χ2v) is 15.1. The van der Waals surface area contributed by atoms with Crippen LogP contribution in [0.15, 0.2) is 41.3 Å². The number of nitriles is 1. The first kappa shape index (κ1) is 27.9. The fourth-order valence-corrected chi connectivity index (χ4v) is 8.01. The topological polar surface area (TPSA) is 105 Å². The standard InChI is InChI=1S/C27H33ClN2O5S2/c1-19-12-20(17-30(19)24-4-9-27-21(15-24)13-23(28)14-22(27)16-29)18-35-25-5-7-26(8-6-25)37(33,34)11-3-10-36(2,31)32/h5-8,13-14,19-20,24H,3-4,9-12,15,17-18H2,1-2H3/t19-,20+,24+/m1/s1. The van der Waals surface area contributed by atoms with Gasteiger partial charge in [0.25, 0.3) is 0 Å². The molecule has 1 aliphatic heterocycles. The summed E-state index contributed by atoms with van der Waals surface area (Å²) in [5.74, 6) is 0.633. The van der Waals surface area contributed by atoms with Crippen LogP contribution in [0.2, 0.25) is 5.02 Å². The summed E-state index contributed by atoms with van der Waals surface area (Å²) >= 11 is 6.26. The van der Waals surface area contributed by atoms with Crippen LogP contribution in [0.3, 0.4) is 0 Å². The fourth-order valence-electron chi connectivity index (χ4n) is 5.61. The van der Waals surface area contributed by atoms with Gasteiger partial charge in [-0.3, -0.25) is 4.90 Å². The summed E-state index contributed by atoms with van der Waals surface area (Å²) in [6.07, 6.45) is 4.99. The predicted molar refractivity (Wildman–Crippen MR) is 145 cm³/mol. The Labute approximate surface area is 225 Å². The maximum Gasteiger partial charge on any atom is 0.178 e. The van der Waals surface area contributed by atoms with Crippen LogP contribution in [0.1, 0.15) is 42.9 Å². The van der Waals surface area contributed by atoms with E-state index in [9.17, 15) is 22.1 Å². The lowest BCUT2D eigenvalue weighted by atomic mass is 9.85. The van der Waals surface area contributed by atoms with Gasteiger partial charge in [0.1, 0.15) is 15.6 Å². The largest absolute Gasteiger partial charge is 0.493 e. The van der Waals surface area contributed by atoms with Crippen molar-refractivity contribution < 1.29 is 21.6 Å². The Kier molecular flexibility index (Phi) is 8.54. The molecule has 0 amide bonds. The van der Waals surface area contributed by atoms with Gasteiger partial charge in [0, 0.05) is 35.8 Å². The van der Waals surface area contributed by atoms with Crippen LogP contribution in [-0.2, 0) is 32.5 Å². The third-order valence-electron chi connectivity index (χ3n) is 7.39. The van der Waals surface area contributed by atoms with E-state index >= 15 is 0 Å². The number of likely N-dealkylation sites (tertiary alicyclic amines) is 1. The zero-order valence-corrected chi connectivity index (χ0v) is 23.6. The molecule has 1 saturated heterocycles. The van der Waals surface area contributed by atoms with Gasteiger partial charge in [-0.15, -0.1) is 0 Å². The van der Waals surface area contributed by atoms with Crippen LogP contribution >= 0.6 is 11.6 Å². The Morgan fingerprint density at radius 3 is 2.54 bits per heavy atom. The fraction of sp³-hybridized carbons (Fsp3) is 0.519. The number of rotatable bonds is 9. The number of halogens is 1. The Bertz CT molecular complexity index is 1390. The quantitative estimate of drug-likeness (QED) is 0.452. The zero-order chi connectivity index (χ0) is 26.8. The predicted octanol–water partition coefficient (Wildman–Crippen LogP) is 4.07. The van der Waals surface area contributed by atoms with E-state index in [1.165, 1.54) is 17.7 Å². The van der Waals surface area contributed by atoms with Gasteiger partial charge < -0.3 is 4.74 Å². The summed E-state index contributed by atoms with van der Waals surface area (Å²) in [6, 6.07) is 13.2. The van der Waals surface area contributed by atoms with E-state index in [0.29, 0.717) is 40.9 Å². The molecule has 10 heteroatoms. The van der Waals surface area contributed by atoms with Gasteiger partial charge in [0.2, 0.25) is 0 Å². The number of sulfone groups is 2. The van der Waals surface area contributed by atoms with Crippen molar-refractivity contribution in [1.29, 1.82) is 5.26 Å². The minimum Gasteiger partial charge on any atom is -0.493 e. The van der Waals surface area contributed by atoms with Crippen LogP contribution in [0, 0.1) is 17.2 Å². The molecule has 1 fully saturated rings. The molecule has 1 heterocycles. The molecule has 0 saturated carbocycles. The summed E-state index contributed by atoms with van der Waals surface area (Å²) in [5, 5.41) is 10.1.